The van der Waals surface area contributed by atoms with Crippen LogP contribution in [0.2, 0.25) is 0 Å². The van der Waals surface area contributed by atoms with Crippen molar-refractivity contribution in [2.75, 3.05) is 5.32 Å². The number of aromatic nitrogens is 1. The van der Waals surface area contributed by atoms with Crippen molar-refractivity contribution in [2.24, 2.45) is 0 Å². The van der Waals surface area contributed by atoms with Crippen LogP contribution < -0.4 is 10.1 Å². The van der Waals surface area contributed by atoms with Gasteiger partial charge in [-0.1, -0.05) is 36.4 Å². The number of hydrogen-bond donors (Lipinski definition) is 1. The Morgan fingerprint density at radius 2 is 1.60 bits per heavy atom. The third-order valence-electron chi connectivity index (χ3n) is 3.14. The summed E-state index contributed by atoms with van der Waals surface area (Å²) < 4.78 is 49.9. The summed E-state index contributed by atoms with van der Waals surface area (Å²) in [6.45, 7) is 0. The van der Waals surface area contributed by atoms with Gasteiger partial charge in [-0.15, -0.1) is 0 Å². The second-order valence-electron chi connectivity index (χ2n) is 4.92. The molecular weight excluding hydrogens is 337 g/mol. The average Bonchev–Trinajstić information content (AvgIpc) is 3.01. The number of rotatable bonds is 4. The first kappa shape index (κ1) is 16.6. The quantitative estimate of drug-likeness (QED) is 0.740. The predicted molar refractivity (Wildman–Crippen MR) is 82.4 cm³/mol. The lowest BCUT2D eigenvalue weighted by Gasteiger charge is -2.09. The van der Waals surface area contributed by atoms with Crippen LogP contribution in [0, 0.1) is 0 Å². The maximum atomic E-state index is 13.4. The standard InChI is InChI=1S/C17H11F3N2O3/c18-17(19,20)13-14(15(23)21-11-7-3-1-4-8-11)25-22-16(13)24-12-9-5-2-6-10-12/h1-10H,(H,21,23). The van der Waals surface area contributed by atoms with Gasteiger partial charge >= 0.3 is 6.18 Å². The van der Waals surface area contributed by atoms with Crippen LogP contribution in [0.15, 0.2) is 65.2 Å². The first-order chi connectivity index (χ1) is 11.9. The second-order valence-corrected chi connectivity index (χ2v) is 4.92. The number of carbonyl (C=O) groups excluding carboxylic acids is 1. The molecular formula is C17H11F3N2O3. The molecule has 0 saturated heterocycles. The summed E-state index contributed by atoms with van der Waals surface area (Å²) in [5.41, 5.74) is -1.05. The Hall–Kier alpha value is -3.29. The maximum absolute atomic E-state index is 13.4. The molecule has 5 nitrogen and oxygen atoms in total. The van der Waals surface area contributed by atoms with Crippen molar-refractivity contribution in [3.8, 4) is 11.6 Å². The van der Waals surface area contributed by atoms with Gasteiger partial charge in [0.1, 0.15) is 5.75 Å². The molecule has 0 bridgehead atoms. The lowest BCUT2D eigenvalue weighted by Crippen LogP contribution is -2.17. The molecule has 0 radical (unpaired) electrons. The zero-order chi connectivity index (χ0) is 17.9. The van der Waals surface area contributed by atoms with E-state index in [2.05, 4.69) is 15.0 Å². The lowest BCUT2D eigenvalue weighted by atomic mass is 10.2. The monoisotopic (exact) mass is 348 g/mol. The predicted octanol–water partition coefficient (Wildman–Crippen LogP) is 4.74. The highest BCUT2D eigenvalue weighted by Crippen LogP contribution is 2.40. The summed E-state index contributed by atoms with van der Waals surface area (Å²) >= 11 is 0. The fourth-order valence-corrected chi connectivity index (χ4v) is 2.06. The van der Waals surface area contributed by atoms with Crippen LogP contribution in [-0.2, 0) is 6.18 Å². The molecule has 1 aromatic heterocycles. The molecule has 0 unspecified atom stereocenters. The number of hydrogen-bond acceptors (Lipinski definition) is 4. The number of nitrogens with one attached hydrogen (secondary N) is 1. The van der Waals surface area contributed by atoms with E-state index >= 15 is 0 Å². The highest BCUT2D eigenvalue weighted by molar-refractivity contribution is 6.03. The van der Waals surface area contributed by atoms with Gasteiger partial charge in [-0.05, 0) is 29.4 Å². The Labute approximate surface area is 140 Å². The van der Waals surface area contributed by atoms with E-state index in [9.17, 15) is 18.0 Å². The Kier molecular flexibility index (Phi) is 4.42. The third kappa shape index (κ3) is 3.79. The molecule has 0 atom stereocenters. The van der Waals surface area contributed by atoms with Crippen LogP contribution in [0.25, 0.3) is 0 Å². The summed E-state index contributed by atoms with van der Waals surface area (Å²) in [6.07, 6.45) is -4.88. The molecule has 3 rings (SSSR count). The highest BCUT2D eigenvalue weighted by atomic mass is 19.4. The van der Waals surface area contributed by atoms with Crippen LogP contribution in [0.5, 0.6) is 11.6 Å². The Bertz CT molecular complexity index is 862. The summed E-state index contributed by atoms with van der Waals surface area (Å²) in [6, 6.07) is 15.8. The molecule has 1 heterocycles. The van der Waals surface area contributed by atoms with E-state index in [1.54, 1.807) is 36.4 Å². The molecule has 1 amide bonds. The SMILES string of the molecule is O=C(Nc1ccccc1)c1onc(Oc2ccccc2)c1C(F)(F)F. The van der Waals surface area contributed by atoms with E-state index in [-0.39, 0.29) is 5.75 Å². The zero-order valence-electron chi connectivity index (χ0n) is 12.6. The average molecular weight is 348 g/mol. The molecule has 128 valence electrons. The van der Waals surface area contributed by atoms with Crippen molar-refractivity contribution < 1.29 is 27.2 Å². The van der Waals surface area contributed by atoms with E-state index in [0.717, 1.165) is 0 Å². The van der Waals surface area contributed by atoms with E-state index in [4.69, 9.17) is 4.74 Å². The number of alkyl halides is 3. The van der Waals surface area contributed by atoms with Crippen molar-refractivity contribution in [2.45, 2.75) is 6.18 Å². The minimum absolute atomic E-state index is 0.135. The summed E-state index contributed by atoms with van der Waals surface area (Å²) in [5.74, 6) is -2.73. The fourth-order valence-electron chi connectivity index (χ4n) is 2.06. The van der Waals surface area contributed by atoms with Crippen molar-refractivity contribution in [3.05, 3.63) is 72.0 Å². The van der Waals surface area contributed by atoms with E-state index in [1.165, 1.54) is 24.3 Å². The zero-order valence-corrected chi connectivity index (χ0v) is 12.6. The maximum Gasteiger partial charge on any atom is 0.425 e. The molecule has 0 aliphatic carbocycles. The van der Waals surface area contributed by atoms with Crippen molar-refractivity contribution in [3.63, 3.8) is 0 Å². The molecule has 3 aromatic rings. The van der Waals surface area contributed by atoms with E-state index < -0.39 is 29.3 Å². The van der Waals surface area contributed by atoms with Crippen LogP contribution in [0.1, 0.15) is 16.1 Å². The lowest BCUT2D eigenvalue weighted by molar-refractivity contribution is -0.139. The molecule has 0 saturated carbocycles. The van der Waals surface area contributed by atoms with Crippen molar-refractivity contribution in [1.29, 1.82) is 0 Å². The van der Waals surface area contributed by atoms with Crippen molar-refractivity contribution >= 4 is 11.6 Å². The van der Waals surface area contributed by atoms with Crippen LogP contribution in [0.3, 0.4) is 0 Å². The molecule has 25 heavy (non-hydrogen) atoms. The van der Waals surface area contributed by atoms with E-state index in [1.807, 2.05) is 0 Å². The first-order valence-corrected chi connectivity index (χ1v) is 7.11. The number of carbonyl (C=O) groups is 1. The van der Waals surface area contributed by atoms with Gasteiger partial charge in [0.15, 0.2) is 5.56 Å². The summed E-state index contributed by atoms with van der Waals surface area (Å²) in [4.78, 5) is 12.1. The van der Waals surface area contributed by atoms with Gasteiger partial charge in [0.25, 0.3) is 11.8 Å². The van der Waals surface area contributed by atoms with Gasteiger partial charge in [-0.25, -0.2) is 0 Å². The van der Waals surface area contributed by atoms with Gasteiger partial charge in [0.05, 0.1) is 0 Å². The largest absolute Gasteiger partial charge is 0.436 e. The van der Waals surface area contributed by atoms with Gasteiger partial charge in [0, 0.05) is 5.69 Å². The number of para-hydroxylation sites is 2. The Balaban J connectivity index is 1.93. The van der Waals surface area contributed by atoms with Gasteiger partial charge in [-0.2, -0.15) is 13.2 Å². The summed E-state index contributed by atoms with van der Waals surface area (Å²) in [5, 5.41) is 5.58. The topological polar surface area (TPSA) is 64.4 Å². The molecule has 0 fully saturated rings. The first-order valence-electron chi connectivity index (χ1n) is 7.11. The molecule has 1 N–H and O–H groups in total. The minimum atomic E-state index is -4.88. The van der Waals surface area contributed by atoms with Gasteiger partial charge in [0.2, 0.25) is 5.76 Å². The number of nitrogens with zero attached hydrogens (tertiary/aromatic N) is 1. The van der Waals surface area contributed by atoms with Gasteiger partial charge < -0.3 is 14.6 Å². The van der Waals surface area contributed by atoms with Crippen LogP contribution >= 0.6 is 0 Å². The summed E-state index contributed by atoms with van der Waals surface area (Å²) in [7, 11) is 0. The number of amides is 1. The Morgan fingerprint density at radius 3 is 2.20 bits per heavy atom. The smallest absolute Gasteiger partial charge is 0.425 e. The molecule has 2 aromatic carbocycles. The highest BCUT2D eigenvalue weighted by Gasteiger charge is 2.44. The van der Waals surface area contributed by atoms with Crippen LogP contribution in [0.4, 0.5) is 18.9 Å². The third-order valence-corrected chi connectivity index (χ3v) is 3.14. The molecule has 0 aliphatic heterocycles. The van der Waals surface area contributed by atoms with Crippen molar-refractivity contribution in [1.82, 2.24) is 5.16 Å². The number of ether oxygens (including phenoxy) is 1. The Morgan fingerprint density at radius 1 is 1.00 bits per heavy atom. The number of benzene rings is 2. The van der Waals surface area contributed by atoms with E-state index in [0.29, 0.717) is 5.69 Å². The molecule has 0 aliphatic rings. The minimum Gasteiger partial charge on any atom is -0.436 e. The normalized spacial score (nSPS) is 11.2. The fraction of sp³-hybridized carbons (Fsp3) is 0.0588. The van der Waals surface area contributed by atoms with Crippen LogP contribution in [-0.4, -0.2) is 11.1 Å². The van der Waals surface area contributed by atoms with Gasteiger partial charge in [-0.3, -0.25) is 4.79 Å². The number of anilines is 1. The second kappa shape index (κ2) is 6.68. The molecule has 8 heteroatoms. The number of halogens is 3. The molecule has 0 spiro atoms.